The molecule has 1 aliphatic carbocycles. The molecular weight excluding hydrogens is 240 g/mol. The predicted molar refractivity (Wildman–Crippen MR) is 72.8 cm³/mol. The molecule has 3 rings (SSSR count). The lowest BCUT2D eigenvalue weighted by molar-refractivity contribution is 0.0721. The van der Waals surface area contributed by atoms with Crippen molar-refractivity contribution in [2.45, 2.75) is 51.1 Å². The number of piperazine rings is 1. The van der Waals surface area contributed by atoms with Gasteiger partial charge in [0.2, 0.25) is 5.89 Å². The first kappa shape index (κ1) is 13.1. The third kappa shape index (κ3) is 2.82. The zero-order valence-corrected chi connectivity index (χ0v) is 11.9. The van der Waals surface area contributed by atoms with Crippen LogP contribution < -0.4 is 5.32 Å². The molecular formula is C14H24N4O. The van der Waals surface area contributed by atoms with Gasteiger partial charge in [0.05, 0.1) is 0 Å². The number of aromatic nitrogens is 2. The molecule has 1 saturated carbocycles. The molecule has 1 aliphatic heterocycles. The molecule has 0 bridgehead atoms. The quantitative estimate of drug-likeness (QED) is 0.872. The molecule has 1 aromatic rings. The molecule has 106 valence electrons. The summed E-state index contributed by atoms with van der Waals surface area (Å²) in [6.07, 6.45) is 6.31. The maximum absolute atomic E-state index is 5.10. The Bertz CT molecular complexity index is 404. The molecule has 5 heteroatoms. The zero-order chi connectivity index (χ0) is 13.3. The Hall–Kier alpha value is -0.940. The van der Waals surface area contributed by atoms with Crippen LogP contribution >= 0.6 is 0 Å². The van der Waals surface area contributed by atoms with Crippen LogP contribution in [0.15, 0.2) is 10.9 Å². The molecule has 2 aliphatic rings. The second-order valence-electron chi connectivity index (χ2n) is 6.19. The fraction of sp³-hybridized carbons (Fsp3) is 0.857. The SMILES string of the molecule is CCC1CNC(C)(C2CC2)CN1CCc1ncno1. The number of nitrogens with zero attached hydrogens (tertiary/aromatic N) is 3. The fourth-order valence-corrected chi connectivity index (χ4v) is 3.29. The highest BCUT2D eigenvalue weighted by atomic mass is 16.5. The van der Waals surface area contributed by atoms with Crippen molar-refractivity contribution in [2.24, 2.45) is 5.92 Å². The molecule has 2 unspecified atom stereocenters. The number of rotatable bonds is 5. The Labute approximate surface area is 114 Å². The number of hydrogen-bond acceptors (Lipinski definition) is 5. The summed E-state index contributed by atoms with van der Waals surface area (Å²) in [6, 6.07) is 0.634. The van der Waals surface area contributed by atoms with Gasteiger partial charge in [-0.25, -0.2) is 0 Å². The molecule has 0 aromatic carbocycles. The second kappa shape index (κ2) is 5.21. The highest BCUT2D eigenvalue weighted by Gasteiger charge is 2.45. The van der Waals surface area contributed by atoms with Crippen molar-refractivity contribution in [1.29, 1.82) is 0 Å². The van der Waals surface area contributed by atoms with E-state index in [2.05, 4.69) is 34.2 Å². The molecule has 0 amide bonds. The molecule has 2 atom stereocenters. The standard InChI is InChI=1S/C14H24N4O/c1-3-12-8-16-14(2,11-4-5-11)9-18(12)7-6-13-15-10-17-19-13/h10-12,16H,3-9H2,1-2H3. The summed E-state index contributed by atoms with van der Waals surface area (Å²) in [5.41, 5.74) is 0.306. The lowest BCUT2D eigenvalue weighted by atomic mass is 9.90. The van der Waals surface area contributed by atoms with Crippen LogP contribution in [-0.2, 0) is 6.42 Å². The summed E-state index contributed by atoms with van der Waals surface area (Å²) in [6.45, 7) is 7.92. The van der Waals surface area contributed by atoms with E-state index in [1.54, 1.807) is 0 Å². The summed E-state index contributed by atoms with van der Waals surface area (Å²) >= 11 is 0. The van der Waals surface area contributed by atoms with Gasteiger partial charge in [-0.3, -0.25) is 4.90 Å². The van der Waals surface area contributed by atoms with Gasteiger partial charge in [-0.05, 0) is 32.1 Å². The third-order valence-corrected chi connectivity index (χ3v) is 4.76. The van der Waals surface area contributed by atoms with E-state index < -0.39 is 0 Å². The van der Waals surface area contributed by atoms with E-state index in [-0.39, 0.29) is 0 Å². The van der Waals surface area contributed by atoms with Gasteiger partial charge < -0.3 is 9.84 Å². The van der Waals surface area contributed by atoms with Crippen LogP contribution in [0.5, 0.6) is 0 Å². The van der Waals surface area contributed by atoms with Gasteiger partial charge in [-0.15, -0.1) is 0 Å². The Kier molecular flexibility index (Phi) is 3.58. The topological polar surface area (TPSA) is 54.2 Å². The van der Waals surface area contributed by atoms with E-state index >= 15 is 0 Å². The molecule has 2 heterocycles. The van der Waals surface area contributed by atoms with Crippen molar-refractivity contribution in [3.63, 3.8) is 0 Å². The van der Waals surface area contributed by atoms with E-state index in [1.807, 2.05) is 0 Å². The van der Waals surface area contributed by atoms with Gasteiger partial charge in [0.25, 0.3) is 0 Å². The van der Waals surface area contributed by atoms with Gasteiger partial charge in [0, 0.05) is 37.6 Å². The molecule has 0 spiro atoms. The van der Waals surface area contributed by atoms with Crippen LogP contribution in [0.2, 0.25) is 0 Å². The maximum atomic E-state index is 5.10. The first-order valence-corrected chi connectivity index (χ1v) is 7.46. The van der Waals surface area contributed by atoms with Crippen LogP contribution in [0.25, 0.3) is 0 Å². The summed E-state index contributed by atoms with van der Waals surface area (Å²) < 4.78 is 5.10. The minimum atomic E-state index is 0.306. The largest absolute Gasteiger partial charge is 0.340 e. The van der Waals surface area contributed by atoms with E-state index in [1.165, 1.54) is 25.6 Å². The summed E-state index contributed by atoms with van der Waals surface area (Å²) in [5.74, 6) is 1.62. The molecule has 1 saturated heterocycles. The van der Waals surface area contributed by atoms with Gasteiger partial charge >= 0.3 is 0 Å². The van der Waals surface area contributed by atoms with E-state index in [9.17, 15) is 0 Å². The van der Waals surface area contributed by atoms with Crippen molar-refractivity contribution in [2.75, 3.05) is 19.6 Å². The second-order valence-corrected chi connectivity index (χ2v) is 6.19. The number of nitrogens with one attached hydrogen (secondary N) is 1. The van der Waals surface area contributed by atoms with Crippen molar-refractivity contribution < 1.29 is 4.52 Å². The lowest BCUT2D eigenvalue weighted by Gasteiger charge is -2.46. The van der Waals surface area contributed by atoms with Crippen LogP contribution in [-0.4, -0.2) is 46.3 Å². The van der Waals surface area contributed by atoms with E-state index in [0.717, 1.165) is 37.9 Å². The molecule has 5 nitrogen and oxygen atoms in total. The van der Waals surface area contributed by atoms with Crippen molar-refractivity contribution in [3.8, 4) is 0 Å². The van der Waals surface area contributed by atoms with Crippen molar-refractivity contribution in [3.05, 3.63) is 12.2 Å². The smallest absolute Gasteiger partial charge is 0.227 e. The first-order valence-electron chi connectivity index (χ1n) is 7.46. The van der Waals surface area contributed by atoms with Gasteiger partial charge in [0.15, 0.2) is 6.33 Å². The predicted octanol–water partition coefficient (Wildman–Crippen LogP) is 1.46. The lowest BCUT2D eigenvalue weighted by Crippen LogP contribution is -2.64. The molecule has 1 N–H and O–H groups in total. The molecule has 1 aromatic heterocycles. The van der Waals surface area contributed by atoms with Crippen molar-refractivity contribution >= 4 is 0 Å². The molecule has 19 heavy (non-hydrogen) atoms. The molecule has 0 radical (unpaired) electrons. The minimum Gasteiger partial charge on any atom is -0.340 e. The average Bonchev–Trinajstić information content (AvgIpc) is 3.15. The van der Waals surface area contributed by atoms with Gasteiger partial charge in [-0.1, -0.05) is 12.1 Å². The fourth-order valence-electron chi connectivity index (χ4n) is 3.29. The number of hydrogen-bond donors (Lipinski definition) is 1. The maximum Gasteiger partial charge on any atom is 0.227 e. The normalized spacial score (nSPS) is 32.6. The van der Waals surface area contributed by atoms with E-state index in [4.69, 9.17) is 4.52 Å². The first-order chi connectivity index (χ1) is 9.21. The Morgan fingerprint density at radius 1 is 1.53 bits per heavy atom. The minimum absolute atomic E-state index is 0.306. The van der Waals surface area contributed by atoms with Crippen LogP contribution in [0, 0.1) is 5.92 Å². The summed E-state index contributed by atoms with van der Waals surface area (Å²) in [7, 11) is 0. The summed E-state index contributed by atoms with van der Waals surface area (Å²) in [4.78, 5) is 6.73. The summed E-state index contributed by atoms with van der Waals surface area (Å²) in [5, 5.41) is 7.46. The van der Waals surface area contributed by atoms with Crippen molar-refractivity contribution in [1.82, 2.24) is 20.4 Å². The van der Waals surface area contributed by atoms with Gasteiger partial charge in [0.1, 0.15) is 0 Å². The van der Waals surface area contributed by atoms with Crippen LogP contribution in [0.4, 0.5) is 0 Å². The van der Waals surface area contributed by atoms with Crippen LogP contribution in [0.3, 0.4) is 0 Å². The third-order valence-electron chi connectivity index (χ3n) is 4.76. The zero-order valence-electron chi connectivity index (χ0n) is 11.9. The highest BCUT2D eigenvalue weighted by Crippen LogP contribution is 2.41. The highest BCUT2D eigenvalue weighted by molar-refractivity contribution is 5.04. The average molecular weight is 264 g/mol. The Balaban J connectivity index is 1.61. The van der Waals surface area contributed by atoms with Crippen LogP contribution in [0.1, 0.15) is 39.0 Å². The Morgan fingerprint density at radius 2 is 2.37 bits per heavy atom. The van der Waals surface area contributed by atoms with Gasteiger partial charge in [-0.2, -0.15) is 4.98 Å². The Morgan fingerprint density at radius 3 is 3.00 bits per heavy atom. The molecule has 2 fully saturated rings. The van der Waals surface area contributed by atoms with E-state index in [0.29, 0.717) is 11.6 Å². The monoisotopic (exact) mass is 264 g/mol.